The zero-order valence-corrected chi connectivity index (χ0v) is 55.1. The number of hydrogen-bond donors (Lipinski definition) is 4. The molecule has 25 nitrogen and oxygen atoms in total. The van der Waals surface area contributed by atoms with Crippen LogP contribution in [0.1, 0.15) is 134 Å². The molecule has 0 radical (unpaired) electrons. The number of rotatable bonds is 28. The van der Waals surface area contributed by atoms with Gasteiger partial charge in [0.15, 0.2) is 11.6 Å². The van der Waals surface area contributed by atoms with Gasteiger partial charge >= 0.3 is 17.9 Å². The van der Waals surface area contributed by atoms with E-state index in [4.69, 9.17) is 68.0 Å². The molecular formula is C73H89N7O18. The van der Waals surface area contributed by atoms with E-state index in [1.54, 1.807) is 0 Å². The van der Waals surface area contributed by atoms with Crippen molar-refractivity contribution >= 4 is 35.4 Å². The van der Waals surface area contributed by atoms with Crippen LogP contribution in [0, 0.1) is 17.8 Å². The summed E-state index contributed by atoms with van der Waals surface area (Å²) in [5.41, 5.74) is 15.9. The van der Waals surface area contributed by atoms with Crippen LogP contribution >= 0.6 is 0 Å². The Kier molecular flexibility index (Phi) is 32.3. The fraction of sp³-hybridized carbons (Fsp3) is 0.452. The average Bonchev–Trinajstić information content (AvgIpc) is 1.78. The second kappa shape index (κ2) is 42.1. The molecule has 0 aliphatic carbocycles. The van der Waals surface area contributed by atoms with Crippen LogP contribution in [0.3, 0.4) is 0 Å². The Labute approximate surface area is 569 Å². The highest BCUT2D eigenvalue weighted by Gasteiger charge is 2.32. The molecule has 98 heavy (non-hydrogen) atoms. The first-order valence-corrected chi connectivity index (χ1v) is 33.2. The van der Waals surface area contributed by atoms with Gasteiger partial charge in [-0.15, -0.1) is 20.4 Å². The summed E-state index contributed by atoms with van der Waals surface area (Å²) in [4.78, 5) is 71.6. The lowest BCUT2D eigenvalue weighted by Gasteiger charge is -2.27. The summed E-state index contributed by atoms with van der Waals surface area (Å²) in [5, 5.41) is 26.9. The highest BCUT2D eigenvalue weighted by Crippen LogP contribution is 2.32. The normalized spacial score (nSPS) is 20.4. The number of amides is 1. The zero-order valence-electron chi connectivity index (χ0n) is 55.1. The molecular weight excluding hydrogens is 1260 g/mol. The third kappa shape index (κ3) is 27.6. The van der Waals surface area contributed by atoms with Crippen LogP contribution in [0.5, 0.6) is 0 Å². The van der Waals surface area contributed by atoms with Crippen LogP contribution < -0.4 is 16.8 Å². The smallest absolute Gasteiger partial charge is 0.306 e. The fourth-order valence-electron chi connectivity index (χ4n) is 10.7. The topological polar surface area (TPSA) is 348 Å². The molecule has 2 aromatic heterocycles. The van der Waals surface area contributed by atoms with Gasteiger partial charge in [-0.25, -0.2) is 0 Å². The van der Waals surface area contributed by atoms with Gasteiger partial charge in [-0.2, -0.15) is 0 Å². The molecule has 7 aromatic rings. The van der Waals surface area contributed by atoms with Crippen molar-refractivity contribution in [3.8, 4) is 0 Å². The minimum atomic E-state index is -0.558. The maximum Gasteiger partial charge on any atom is 0.306 e. The SMILES string of the molecule is NCC(=O)[C@@H]1CC[C@@H](CC(=O)OCc2ccccc2)CO1.N[C@@H]1CC[C@@H](c2nnc(CO)o2)OC1.O=C(COCc1ccccc1)NCC(=O)[C@@H]1CC[C@@H](CC(=O)OCc2ccccc2)CO1.O=C(C[C@@H]1CC[C@@H](c2nnc(COCc3ccccc3)o2)OC1)OCc1ccccc1. The summed E-state index contributed by atoms with van der Waals surface area (Å²) in [6.45, 7) is 3.21. The number of hydrogen-bond acceptors (Lipinski definition) is 24. The Bertz CT molecular complexity index is 3430. The van der Waals surface area contributed by atoms with Gasteiger partial charge in [0.2, 0.25) is 29.5 Å². The van der Waals surface area contributed by atoms with Crippen molar-refractivity contribution in [2.45, 2.75) is 147 Å². The van der Waals surface area contributed by atoms with Gasteiger partial charge in [0.1, 0.15) is 64.1 Å². The number of nitrogens with two attached hydrogens (primary N) is 2. The van der Waals surface area contributed by atoms with Crippen LogP contribution in [0.2, 0.25) is 0 Å². The van der Waals surface area contributed by atoms with Crippen LogP contribution in [-0.4, -0.2) is 125 Å². The van der Waals surface area contributed by atoms with Gasteiger partial charge in [-0.3, -0.25) is 28.8 Å². The summed E-state index contributed by atoms with van der Waals surface area (Å²) >= 11 is 0. The van der Waals surface area contributed by atoms with E-state index >= 15 is 0 Å². The van der Waals surface area contributed by atoms with E-state index in [-0.39, 0.29) is 123 Å². The number of Topliss-reactive ketones (excluding diaryl/α,β-unsaturated/α-hetero) is 2. The van der Waals surface area contributed by atoms with E-state index in [0.717, 1.165) is 59.9 Å². The Morgan fingerprint density at radius 3 is 1.21 bits per heavy atom. The van der Waals surface area contributed by atoms with Gasteiger partial charge < -0.3 is 73.4 Å². The molecule has 0 unspecified atom stereocenters. The van der Waals surface area contributed by atoms with Crippen molar-refractivity contribution in [2.24, 2.45) is 29.2 Å². The van der Waals surface area contributed by atoms with Gasteiger partial charge in [0, 0.05) is 6.04 Å². The third-order valence-corrected chi connectivity index (χ3v) is 16.2. The van der Waals surface area contributed by atoms with E-state index in [0.29, 0.717) is 103 Å². The molecule has 6 heterocycles. The lowest BCUT2D eigenvalue weighted by atomic mass is 9.94. The molecule has 4 aliphatic heterocycles. The summed E-state index contributed by atoms with van der Waals surface area (Å²) < 4.78 is 60.2. The lowest BCUT2D eigenvalue weighted by molar-refractivity contribution is -0.150. The Hall–Kier alpha value is -8.76. The fourth-order valence-corrected chi connectivity index (χ4v) is 10.7. The number of nitrogens with one attached hydrogen (secondary N) is 1. The summed E-state index contributed by atoms with van der Waals surface area (Å²) in [5.74, 6) is 0.548. The first-order valence-electron chi connectivity index (χ1n) is 33.2. The van der Waals surface area contributed by atoms with Crippen molar-refractivity contribution in [1.29, 1.82) is 0 Å². The van der Waals surface area contributed by atoms with Crippen LogP contribution in [0.25, 0.3) is 0 Å². The van der Waals surface area contributed by atoms with Gasteiger partial charge in [-0.05, 0) is 96.9 Å². The van der Waals surface area contributed by atoms with Gasteiger partial charge in [0.05, 0.1) is 72.0 Å². The van der Waals surface area contributed by atoms with Crippen molar-refractivity contribution in [1.82, 2.24) is 25.7 Å². The number of esters is 3. The molecule has 0 saturated carbocycles. The molecule has 524 valence electrons. The number of ether oxygens (including phenoxy) is 9. The standard InChI is InChI=1S/C25H29NO6.C24H26N2O5.C16H21NO4.C8H13N3O3/c27-22(14-26-24(28)18-30-15-19-7-3-1-4-8-19)23-12-11-21(17-31-23)13-25(29)32-16-20-9-5-2-6-10-20;27-23(30-15-19-9-5-2-6-10-19)13-20-11-12-21(29-16-20)24-26-25-22(31-24)17-28-14-18-7-3-1-4-8-18;17-9-14(18)15-7-6-13(11-20-15)8-16(19)21-10-12-4-2-1-3-5-12;9-5-1-2-6(13-4-5)8-11-10-7(3-12)14-8/h1-10,21,23H,11-18H2,(H,26,28);1-10,20-21H,11-17H2;1-5,13,15H,6-11,17H2;5-6,12H,1-4,9H2/t21-,23-;20-,21-;13-,15-;5-,6+/m0001/s1. The number of nitrogens with zero attached hydrogens (tertiary/aromatic N) is 4. The molecule has 0 spiro atoms. The molecule has 0 bridgehead atoms. The van der Waals surface area contributed by atoms with E-state index in [1.165, 1.54) is 0 Å². The third-order valence-electron chi connectivity index (χ3n) is 16.2. The number of aliphatic hydroxyl groups is 1. The molecule has 8 atom stereocenters. The zero-order chi connectivity index (χ0) is 68.9. The highest BCUT2D eigenvalue weighted by molar-refractivity contribution is 5.89. The summed E-state index contributed by atoms with van der Waals surface area (Å²) in [6, 6.07) is 48.3. The van der Waals surface area contributed by atoms with Crippen molar-refractivity contribution in [2.75, 3.05) is 46.1 Å². The number of carbonyl (C=O) groups is 6. The largest absolute Gasteiger partial charge is 0.461 e. The number of benzene rings is 5. The maximum absolute atomic E-state index is 12.3. The molecule has 6 N–H and O–H groups in total. The Morgan fingerprint density at radius 2 is 0.827 bits per heavy atom. The van der Waals surface area contributed by atoms with Crippen molar-refractivity contribution < 1.29 is 85.3 Å². The van der Waals surface area contributed by atoms with E-state index < -0.39 is 12.2 Å². The maximum atomic E-state index is 12.3. The lowest BCUT2D eigenvalue weighted by Crippen LogP contribution is -2.40. The van der Waals surface area contributed by atoms with E-state index in [9.17, 15) is 28.8 Å². The van der Waals surface area contributed by atoms with Gasteiger partial charge in [0.25, 0.3) is 0 Å². The monoisotopic (exact) mass is 1350 g/mol. The quantitative estimate of drug-likeness (QED) is 0.0264. The number of carbonyl (C=O) groups excluding carboxylic acids is 6. The minimum absolute atomic E-state index is 0.00838. The highest BCUT2D eigenvalue weighted by atomic mass is 16.5. The first kappa shape index (κ1) is 75.0. The first-order chi connectivity index (χ1) is 47.8. The molecule has 4 fully saturated rings. The Morgan fingerprint density at radius 1 is 0.439 bits per heavy atom. The van der Waals surface area contributed by atoms with Crippen LogP contribution in [-0.2, 0) is 118 Å². The molecule has 4 aliphatic rings. The molecule has 4 saturated heterocycles. The van der Waals surface area contributed by atoms with Crippen molar-refractivity contribution in [3.05, 3.63) is 203 Å². The van der Waals surface area contributed by atoms with E-state index in [1.807, 2.05) is 152 Å². The predicted molar refractivity (Wildman–Crippen MR) is 352 cm³/mol. The number of ketones is 2. The summed E-state index contributed by atoms with van der Waals surface area (Å²) in [6.07, 6.45) is 5.47. The van der Waals surface area contributed by atoms with Gasteiger partial charge in [-0.1, -0.05) is 152 Å². The van der Waals surface area contributed by atoms with E-state index in [2.05, 4.69) is 25.7 Å². The number of aromatic nitrogens is 4. The van der Waals surface area contributed by atoms with Crippen LogP contribution in [0.15, 0.2) is 160 Å². The van der Waals surface area contributed by atoms with Crippen molar-refractivity contribution in [3.63, 3.8) is 0 Å². The second-order valence-electron chi connectivity index (χ2n) is 24.1. The Balaban J connectivity index is 0.000000173. The molecule has 25 heteroatoms. The molecule has 5 aromatic carbocycles. The predicted octanol–water partition coefficient (Wildman–Crippen LogP) is 8.39. The molecule has 1 amide bonds. The molecule has 11 rings (SSSR count). The van der Waals surface area contributed by atoms with Crippen LogP contribution in [0.4, 0.5) is 0 Å². The second-order valence-corrected chi connectivity index (χ2v) is 24.1. The minimum Gasteiger partial charge on any atom is -0.461 e. The average molecular weight is 1350 g/mol. The number of aliphatic hydroxyl groups excluding tert-OH is 1. The summed E-state index contributed by atoms with van der Waals surface area (Å²) in [7, 11) is 0.